The van der Waals surface area contributed by atoms with E-state index in [2.05, 4.69) is 52.5 Å². The molecule has 4 nitrogen and oxygen atoms in total. The topological polar surface area (TPSA) is 44.8 Å². The van der Waals surface area contributed by atoms with Crippen LogP contribution in [0.25, 0.3) is 0 Å². The highest BCUT2D eigenvalue weighted by Crippen LogP contribution is 2.26. The molecule has 7 heteroatoms. The first-order chi connectivity index (χ1) is 10.5. The van der Waals surface area contributed by atoms with Gasteiger partial charge in [-0.25, -0.2) is 4.79 Å². The van der Waals surface area contributed by atoms with E-state index in [4.69, 9.17) is 13.0 Å². The lowest BCUT2D eigenvalue weighted by atomic mass is 10.4. The van der Waals surface area contributed by atoms with Crippen molar-refractivity contribution in [2.75, 3.05) is 6.61 Å². The molecule has 0 heterocycles. The predicted molar refractivity (Wildman–Crippen MR) is 104 cm³/mol. The van der Waals surface area contributed by atoms with Gasteiger partial charge in [0.05, 0.1) is 6.61 Å². The summed E-state index contributed by atoms with van der Waals surface area (Å²) in [6.07, 6.45) is 2.87. The largest absolute Gasteiger partial charge is 0.463 e. The van der Waals surface area contributed by atoms with Crippen LogP contribution in [-0.4, -0.2) is 37.8 Å². The summed E-state index contributed by atoms with van der Waals surface area (Å²) in [5.74, 6) is -0.377. The monoisotopic (exact) mass is 372 g/mol. The summed E-state index contributed by atoms with van der Waals surface area (Å²) < 4.78 is 17.9. The maximum Gasteiger partial charge on any atom is 0.330 e. The summed E-state index contributed by atoms with van der Waals surface area (Å²) >= 11 is 0. The van der Waals surface area contributed by atoms with Crippen LogP contribution in [0.4, 0.5) is 0 Å². The average Bonchev–Trinajstić information content (AvgIpc) is 2.45. The molecule has 132 valence electrons. The van der Waals surface area contributed by atoms with E-state index >= 15 is 0 Å². The standard InChI is InChI=1S/C16H32O4Si3/c1-9-16(17)18-14-12-13-15-23(8,19-21(4,5)10-2)20-22(6,7)11-3/h9-11H,1-3,12-15H2,4-8H3. The van der Waals surface area contributed by atoms with Crippen LogP contribution in [0, 0.1) is 0 Å². The number of hydrogen-bond donors (Lipinski definition) is 0. The molecule has 0 amide bonds. The normalized spacial score (nSPS) is 12.6. The van der Waals surface area contributed by atoms with Gasteiger partial charge in [0.1, 0.15) is 0 Å². The lowest BCUT2D eigenvalue weighted by molar-refractivity contribution is -0.137. The van der Waals surface area contributed by atoms with E-state index < -0.39 is 25.2 Å². The number of hydrogen-bond acceptors (Lipinski definition) is 4. The van der Waals surface area contributed by atoms with Gasteiger partial charge in [-0.3, -0.25) is 0 Å². The van der Waals surface area contributed by atoms with Crippen LogP contribution < -0.4 is 0 Å². The first kappa shape index (κ1) is 22.3. The third-order valence-corrected chi connectivity index (χ3v) is 14.3. The molecular formula is C16H32O4Si3. The number of esters is 1. The molecule has 0 aromatic rings. The first-order valence-electron chi connectivity index (χ1n) is 7.96. The van der Waals surface area contributed by atoms with E-state index in [1.165, 1.54) is 6.08 Å². The molecule has 23 heavy (non-hydrogen) atoms. The highest BCUT2D eigenvalue weighted by Gasteiger charge is 2.41. The second-order valence-corrected chi connectivity index (χ2v) is 18.4. The molecule has 0 saturated carbocycles. The summed E-state index contributed by atoms with van der Waals surface area (Å²) in [5.41, 5.74) is 3.88. The smallest absolute Gasteiger partial charge is 0.330 e. The van der Waals surface area contributed by atoms with Crippen molar-refractivity contribution < 1.29 is 17.8 Å². The molecule has 0 spiro atoms. The predicted octanol–water partition coefficient (Wildman–Crippen LogP) is 4.46. The van der Waals surface area contributed by atoms with Gasteiger partial charge >= 0.3 is 14.5 Å². The van der Waals surface area contributed by atoms with Gasteiger partial charge < -0.3 is 13.0 Å². The Bertz CT molecular complexity index is 411. The minimum absolute atomic E-state index is 0.377. The molecule has 0 aliphatic carbocycles. The van der Waals surface area contributed by atoms with Crippen molar-refractivity contribution in [3.63, 3.8) is 0 Å². The molecule has 0 aromatic carbocycles. The molecule has 0 radical (unpaired) electrons. The Balaban J connectivity index is 4.72. The fourth-order valence-electron chi connectivity index (χ4n) is 2.10. The zero-order valence-electron chi connectivity index (χ0n) is 15.3. The zero-order chi connectivity index (χ0) is 18.1. The van der Waals surface area contributed by atoms with E-state index in [1.54, 1.807) is 0 Å². The number of carbonyl (C=O) groups is 1. The van der Waals surface area contributed by atoms with Crippen LogP contribution in [0.3, 0.4) is 0 Å². The Labute approximate surface area is 144 Å². The Morgan fingerprint density at radius 1 is 0.913 bits per heavy atom. The van der Waals surface area contributed by atoms with Crippen molar-refractivity contribution in [2.45, 2.75) is 51.6 Å². The molecule has 0 aromatic heterocycles. The molecule has 0 aliphatic rings. The van der Waals surface area contributed by atoms with Crippen LogP contribution in [0.15, 0.2) is 37.2 Å². The lowest BCUT2D eigenvalue weighted by Crippen LogP contribution is -2.53. The van der Waals surface area contributed by atoms with E-state index in [0.717, 1.165) is 18.9 Å². The highest BCUT2D eigenvalue weighted by molar-refractivity contribution is 6.91. The van der Waals surface area contributed by atoms with Crippen molar-refractivity contribution in [1.82, 2.24) is 0 Å². The Hall–Kier alpha value is -0.739. The summed E-state index contributed by atoms with van der Waals surface area (Å²) in [6, 6.07) is 0.868. The van der Waals surface area contributed by atoms with Crippen molar-refractivity contribution in [3.8, 4) is 0 Å². The van der Waals surface area contributed by atoms with Gasteiger partial charge in [-0.2, -0.15) is 0 Å². The molecular weight excluding hydrogens is 340 g/mol. The SMILES string of the molecule is C=CC(=O)OCCCC[Si](C)(O[Si](C)(C)C=C)O[Si](C)(C)C=C. The number of ether oxygens (including phenoxy) is 1. The van der Waals surface area contributed by atoms with Gasteiger partial charge in [-0.15, -0.1) is 13.2 Å². The maximum atomic E-state index is 11.0. The van der Waals surface area contributed by atoms with Crippen LogP contribution in [-0.2, 0) is 17.8 Å². The second-order valence-electron chi connectivity index (χ2n) is 6.78. The average molecular weight is 373 g/mol. The van der Waals surface area contributed by atoms with E-state index in [9.17, 15) is 4.79 Å². The quantitative estimate of drug-likeness (QED) is 0.219. The van der Waals surface area contributed by atoms with Gasteiger partial charge in [0, 0.05) is 6.08 Å². The first-order valence-corrected chi connectivity index (χ1v) is 16.5. The molecule has 0 saturated heterocycles. The number of rotatable bonds is 12. The fourth-order valence-corrected chi connectivity index (χ4v) is 13.9. The maximum absolute atomic E-state index is 11.0. The summed E-state index contributed by atoms with van der Waals surface area (Å²) in [4.78, 5) is 11.0. The summed E-state index contributed by atoms with van der Waals surface area (Å²) in [7, 11) is -6.18. The third-order valence-electron chi connectivity index (χ3n) is 3.38. The Morgan fingerprint density at radius 2 is 1.39 bits per heavy atom. The fraction of sp³-hybridized carbons (Fsp3) is 0.562. The van der Waals surface area contributed by atoms with Crippen molar-refractivity contribution in [1.29, 1.82) is 0 Å². The summed E-state index contributed by atoms with van der Waals surface area (Å²) in [6.45, 7) is 22.2. The molecule has 0 unspecified atom stereocenters. The molecule has 0 N–H and O–H groups in total. The van der Waals surface area contributed by atoms with Gasteiger partial charge in [-0.1, -0.05) is 18.0 Å². The van der Waals surface area contributed by atoms with Crippen molar-refractivity contribution in [3.05, 3.63) is 37.2 Å². The van der Waals surface area contributed by atoms with Gasteiger partial charge in [0.2, 0.25) is 0 Å². The molecule has 0 atom stereocenters. The lowest BCUT2D eigenvalue weighted by Gasteiger charge is -2.39. The Morgan fingerprint density at radius 3 is 1.78 bits per heavy atom. The van der Waals surface area contributed by atoms with Gasteiger partial charge in [0.15, 0.2) is 16.6 Å². The number of carbonyl (C=O) groups excluding carboxylic acids is 1. The van der Waals surface area contributed by atoms with Crippen LogP contribution in [0.2, 0.25) is 38.8 Å². The zero-order valence-corrected chi connectivity index (χ0v) is 18.3. The highest BCUT2D eigenvalue weighted by atomic mass is 28.5. The van der Waals surface area contributed by atoms with Gasteiger partial charge in [0.25, 0.3) is 0 Å². The van der Waals surface area contributed by atoms with Crippen LogP contribution in [0.1, 0.15) is 12.8 Å². The van der Waals surface area contributed by atoms with Crippen molar-refractivity contribution in [2.24, 2.45) is 0 Å². The summed E-state index contributed by atoms with van der Waals surface area (Å²) in [5, 5.41) is 0. The Kier molecular flexibility index (Phi) is 9.22. The van der Waals surface area contributed by atoms with Crippen molar-refractivity contribution >= 4 is 31.2 Å². The molecule has 0 rings (SSSR count). The minimum atomic E-state index is -2.33. The minimum Gasteiger partial charge on any atom is -0.463 e. The third kappa shape index (κ3) is 9.88. The van der Waals surface area contributed by atoms with Crippen LogP contribution in [0.5, 0.6) is 0 Å². The van der Waals surface area contributed by atoms with E-state index in [-0.39, 0.29) is 5.97 Å². The van der Waals surface area contributed by atoms with Gasteiger partial charge in [-0.05, 0) is 51.6 Å². The van der Waals surface area contributed by atoms with E-state index in [0.29, 0.717) is 6.61 Å². The molecule has 0 fully saturated rings. The second kappa shape index (κ2) is 9.53. The molecule has 0 aliphatic heterocycles. The van der Waals surface area contributed by atoms with E-state index in [1.807, 2.05) is 11.4 Å². The number of unbranched alkanes of at least 4 members (excludes halogenated alkanes) is 1. The molecule has 0 bridgehead atoms. The van der Waals surface area contributed by atoms with Crippen LogP contribution >= 0.6 is 0 Å².